The standard InChI is InChI=1S/C9H15N3O3S2/c1-17(13,14)7-8(10)11-16-9(7)12-3-2-5-15-6-4-12/h2-6H2,1H3,(H2,10,11). The predicted molar refractivity (Wildman–Crippen MR) is 67.3 cm³/mol. The second-order valence-corrected chi connectivity index (χ2v) is 6.63. The lowest BCUT2D eigenvalue weighted by atomic mass is 10.4. The average Bonchev–Trinajstić information content (AvgIpc) is 2.50. The third-order valence-corrected chi connectivity index (χ3v) is 4.73. The van der Waals surface area contributed by atoms with Crippen LogP contribution < -0.4 is 10.6 Å². The van der Waals surface area contributed by atoms with E-state index in [4.69, 9.17) is 10.5 Å². The van der Waals surface area contributed by atoms with Crippen LogP contribution in [0.5, 0.6) is 0 Å². The van der Waals surface area contributed by atoms with Gasteiger partial charge in [-0.05, 0) is 18.0 Å². The largest absolute Gasteiger partial charge is 0.382 e. The molecular weight excluding hydrogens is 262 g/mol. The molecule has 0 aliphatic carbocycles. The van der Waals surface area contributed by atoms with Gasteiger partial charge in [-0.1, -0.05) is 0 Å². The van der Waals surface area contributed by atoms with Gasteiger partial charge < -0.3 is 15.4 Å². The third kappa shape index (κ3) is 2.70. The molecule has 0 aromatic carbocycles. The molecule has 6 nitrogen and oxygen atoms in total. The van der Waals surface area contributed by atoms with Crippen LogP contribution in [0.4, 0.5) is 10.8 Å². The van der Waals surface area contributed by atoms with Crippen molar-refractivity contribution in [3.05, 3.63) is 0 Å². The molecule has 2 N–H and O–H groups in total. The Morgan fingerprint density at radius 1 is 1.41 bits per heavy atom. The molecule has 1 fully saturated rings. The topological polar surface area (TPSA) is 85.5 Å². The Labute approximate surface area is 104 Å². The molecule has 17 heavy (non-hydrogen) atoms. The molecule has 2 heterocycles. The van der Waals surface area contributed by atoms with E-state index in [9.17, 15) is 8.42 Å². The van der Waals surface area contributed by atoms with Crippen LogP contribution in [0.25, 0.3) is 0 Å². The minimum absolute atomic E-state index is 0.0951. The average molecular weight is 277 g/mol. The van der Waals surface area contributed by atoms with Crippen molar-refractivity contribution in [2.24, 2.45) is 0 Å². The van der Waals surface area contributed by atoms with E-state index in [1.54, 1.807) is 0 Å². The van der Waals surface area contributed by atoms with Gasteiger partial charge in [0.1, 0.15) is 9.90 Å². The normalized spacial score (nSPS) is 18.1. The summed E-state index contributed by atoms with van der Waals surface area (Å²) in [6, 6.07) is 0. The number of sulfone groups is 1. The van der Waals surface area contributed by atoms with E-state index in [2.05, 4.69) is 4.37 Å². The fourth-order valence-electron chi connectivity index (χ4n) is 1.78. The van der Waals surface area contributed by atoms with Gasteiger partial charge in [0.2, 0.25) is 0 Å². The highest BCUT2D eigenvalue weighted by molar-refractivity contribution is 7.91. The van der Waals surface area contributed by atoms with Gasteiger partial charge in [-0.25, -0.2) is 8.42 Å². The molecule has 1 aliphatic heterocycles. The zero-order chi connectivity index (χ0) is 12.5. The van der Waals surface area contributed by atoms with Crippen molar-refractivity contribution in [3.63, 3.8) is 0 Å². The van der Waals surface area contributed by atoms with Gasteiger partial charge in [0.25, 0.3) is 0 Å². The summed E-state index contributed by atoms with van der Waals surface area (Å²) in [6.07, 6.45) is 2.03. The monoisotopic (exact) mass is 277 g/mol. The first-order valence-corrected chi connectivity index (χ1v) is 7.94. The Bertz CT molecular complexity index is 490. The number of nitrogen functional groups attached to an aromatic ring is 1. The molecule has 96 valence electrons. The van der Waals surface area contributed by atoms with E-state index in [1.165, 1.54) is 0 Å². The van der Waals surface area contributed by atoms with E-state index in [-0.39, 0.29) is 10.7 Å². The first-order valence-electron chi connectivity index (χ1n) is 5.28. The Balaban J connectivity index is 2.38. The Morgan fingerprint density at radius 3 is 2.88 bits per heavy atom. The highest BCUT2D eigenvalue weighted by Gasteiger charge is 2.25. The number of hydrogen-bond acceptors (Lipinski definition) is 7. The summed E-state index contributed by atoms with van der Waals surface area (Å²) in [5, 5.41) is 0.635. The SMILES string of the molecule is CS(=O)(=O)c1c(N)nsc1N1CCCOCC1. The van der Waals surface area contributed by atoms with Crippen molar-refractivity contribution in [2.45, 2.75) is 11.3 Å². The molecule has 1 aromatic heterocycles. The Hall–Kier alpha value is -0.860. The van der Waals surface area contributed by atoms with Crippen LogP contribution in [0, 0.1) is 0 Å². The molecule has 1 aromatic rings. The number of ether oxygens (including phenoxy) is 1. The molecule has 2 rings (SSSR count). The fourth-order valence-corrected chi connectivity index (χ4v) is 4.04. The molecule has 1 aliphatic rings. The quantitative estimate of drug-likeness (QED) is 0.840. The Morgan fingerprint density at radius 2 is 2.18 bits per heavy atom. The maximum atomic E-state index is 11.7. The summed E-state index contributed by atoms with van der Waals surface area (Å²) >= 11 is 1.14. The number of nitrogens with zero attached hydrogens (tertiary/aromatic N) is 2. The molecule has 8 heteroatoms. The van der Waals surface area contributed by atoms with Crippen molar-refractivity contribution < 1.29 is 13.2 Å². The lowest BCUT2D eigenvalue weighted by Gasteiger charge is -2.20. The summed E-state index contributed by atoms with van der Waals surface area (Å²) in [4.78, 5) is 2.14. The van der Waals surface area contributed by atoms with Gasteiger partial charge in [-0.2, -0.15) is 4.37 Å². The first-order chi connectivity index (χ1) is 8.00. The molecule has 1 saturated heterocycles. The van der Waals surface area contributed by atoms with Crippen molar-refractivity contribution in [1.29, 1.82) is 0 Å². The van der Waals surface area contributed by atoms with Gasteiger partial charge in [0, 0.05) is 26.0 Å². The van der Waals surface area contributed by atoms with E-state index >= 15 is 0 Å². The van der Waals surface area contributed by atoms with E-state index in [1.807, 2.05) is 4.90 Å². The fraction of sp³-hybridized carbons (Fsp3) is 0.667. The minimum Gasteiger partial charge on any atom is -0.382 e. The van der Waals surface area contributed by atoms with Crippen LogP contribution in [-0.4, -0.2) is 45.4 Å². The summed E-state index contributed by atoms with van der Waals surface area (Å²) < 4.78 is 32.7. The van der Waals surface area contributed by atoms with Crippen molar-refractivity contribution in [3.8, 4) is 0 Å². The summed E-state index contributed by atoms with van der Waals surface area (Å²) in [6.45, 7) is 2.74. The van der Waals surface area contributed by atoms with Crippen molar-refractivity contribution >= 4 is 32.2 Å². The molecule has 0 radical (unpaired) electrons. The maximum Gasteiger partial charge on any atom is 0.182 e. The second-order valence-electron chi connectivity index (χ2n) is 3.93. The number of nitrogens with two attached hydrogens (primary N) is 1. The van der Waals surface area contributed by atoms with E-state index < -0.39 is 9.84 Å². The molecule has 0 amide bonds. The lowest BCUT2D eigenvalue weighted by molar-refractivity contribution is 0.152. The van der Waals surface area contributed by atoms with Crippen LogP contribution in [0.3, 0.4) is 0 Å². The highest BCUT2D eigenvalue weighted by atomic mass is 32.2. The van der Waals surface area contributed by atoms with Gasteiger partial charge >= 0.3 is 0 Å². The molecule has 0 bridgehead atoms. The number of hydrogen-bond donors (Lipinski definition) is 1. The van der Waals surface area contributed by atoms with Gasteiger partial charge in [-0.15, -0.1) is 0 Å². The zero-order valence-corrected chi connectivity index (χ0v) is 11.2. The van der Waals surface area contributed by atoms with E-state index in [0.717, 1.165) is 30.8 Å². The van der Waals surface area contributed by atoms with Crippen LogP contribution in [0.2, 0.25) is 0 Å². The zero-order valence-electron chi connectivity index (χ0n) is 9.55. The van der Waals surface area contributed by atoms with Gasteiger partial charge in [-0.3, -0.25) is 0 Å². The predicted octanol–water partition coefficient (Wildman–Crippen LogP) is 0.356. The first kappa shape index (κ1) is 12.6. The molecule has 0 atom stereocenters. The van der Waals surface area contributed by atoms with Crippen molar-refractivity contribution in [1.82, 2.24) is 4.37 Å². The lowest BCUT2D eigenvalue weighted by Crippen LogP contribution is -2.26. The molecular formula is C9H15N3O3S2. The van der Waals surface area contributed by atoms with Gasteiger partial charge in [0.15, 0.2) is 15.7 Å². The van der Waals surface area contributed by atoms with Crippen molar-refractivity contribution in [2.75, 3.05) is 43.2 Å². The highest BCUT2D eigenvalue weighted by Crippen LogP contribution is 2.34. The minimum atomic E-state index is -3.34. The smallest absolute Gasteiger partial charge is 0.182 e. The van der Waals surface area contributed by atoms with Crippen LogP contribution in [-0.2, 0) is 14.6 Å². The molecule has 0 unspecified atom stereocenters. The second kappa shape index (κ2) is 4.79. The third-order valence-electron chi connectivity index (χ3n) is 2.54. The number of rotatable bonds is 2. The summed E-state index contributed by atoms with van der Waals surface area (Å²) in [5.74, 6) is 0.0951. The number of aromatic nitrogens is 1. The summed E-state index contributed by atoms with van der Waals surface area (Å²) in [7, 11) is -3.34. The van der Waals surface area contributed by atoms with Crippen LogP contribution in [0.1, 0.15) is 6.42 Å². The van der Waals surface area contributed by atoms with Crippen LogP contribution >= 0.6 is 11.5 Å². The van der Waals surface area contributed by atoms with E-state index in [0.29, 0.717) is 24.8 Å². The van der Waals surface area contributed by atoms with Gasteiger partial charge in [0.05, 0.1) is 6.61 Å². The number of anilines is 2. The summed E-state index contributed by atoms with van der Waals surface area (Å²) in [5.41, 5.74) is 5.64. The maximum absolute atomic E-state index is 11.7. The molecule has 0 spiro atoms. The van der Waals surface area contributed by atoms with Crippen LogP contribution in [0.15, 0.2) is 4.90 Å². The Kier molecular flexibility index (Phi) is 3.55. The molecule has 0 saturated carbocycles.